The molecule has 0 aliphatic rings. The van der Waals surface area contributed by atoms with Crippen LogP contribution in [0.2, 0.25) is 0 Å². The van der Waals surface area contributed by atoms with E-state index < -0.39 is 17.5 Å². The predicted molar refractivity (Wildman–Crippen MR) is 114 cm³/mol. The molecule has 0 fully saturated rings. The second-order valence-corrected chi connectivity index (χ2v) is 8.82. The molecule has 0 aliphatic heterocycles. The second-order valence-electron chi connectivity index (χ2n) is 8.82. The average Bonchev–Trinajstić information content (AvgIpc) is 2.61. The van der Waals surface area contributed by atoms with Crippen LogP contribution >= 0.6 is 0 Å². The standard InChI is InChI=1S/C24H30F2N2O2/c1-7-8-21(24(4,5)6)28(23(30)18-10-15(2)9-16(3)11-18)27-22(29)17-12-19(25)14-20(26)13-17/h9-14,21H,7-8H2,1-6H3,(H,27,29). The van der Waals surface area contributed by atoms with Crippen molar-refractivity contribution in [1.29, 1.82) is 0 Å². The van der Waals surface area contributed by atoms with E-state index in [1.807, 2.05) is 47.6 Å². The Bertz CT molecular complexity index is 895. The van der Waals surface area contributed by atoms with Crippen molar-refractivity contribution in [2.75, 3.05) is 0 Å². The van der Waals surface area contributed by atoms with Crippen LogP contribution in [0.1, 0.15) is 72.4 Å². The maximum absolute atomic E-state index is 13.6. The van der Waals surface area contributed by atoms with Crippen LogP contribution in [0.25, 0.3) is 0 Å². The number of carbonyl (C=O) groups is 2. The molecular weight excluding hydrogens is 386 g/mol. The van der Waals surface area contributed by atoms with Crippen molar-refractivity contribution in [2.45, 2.75) is 60.4 Å². The minimum atomic E-state index is -0.853. The third-order valence-corrected chi connectivity index (χ3v) is 4.91. The fraction of sp³-hybridized carbons (Fsp3) is 0.417. The van der Waals surface area contributed by atoms with E-state index in [1.165, 1.54) is 5.01 Å². The summed E-state index contributed by atoms with van der Waals surface area (Å²) in [6, 6.07) is 7.77. The zero-order chi connectivity index (χ0) is 22.6. The monoisotopic (exact) mass is 416 g/mol. The summed E-state index contributed by atoms with van der Waals surface area (Å²) in [5.41, 5.74) is 4.41. The zero-order valence-corrected chi connectivity index (χ0v) is 18.5. The molecule has 2 aromatic rings. The van der Waals surface area contributed by atoms with Crippen molar-refractivity contribution in [2.24, 2.45) is 5.41 Å². The highest BCUT2D eigenvalue weighted by atomic mass is 19.1. The number of hydrogen-bond acceptors (Lipinski definition) is 2. The molecule has 162 valence electrons. The quantitative estimate of drug-likeness (QED) is 0.647. The van der Waals surface area contributed by atoms with Crippen LogP contribution in [0.4, 0.5) is 8.78 Å². The van der Waals surface area contributed by atoms with Gasteiger partial charge in [0.15, 0.2) is 0 Å². The van der Waals surface area contributed by atoms with Gasteiger partial charge in [-0.25, -0.2) is 13.8 Å². The molecule has 0 saturated heterocycles. The molecule has 2 amide bonds. The van der Waals surface area contributed by atoms with Gasteiger partial charge in [0.25, 0.3) is 11.8 Å². The molecule has 0 aliphatic carbocycles. The number of nitrogens with zero attached hydrogens (tertiary/aromatic N) is 1. The Hall–Kier alpha value is -2.76. The van der Waals surface area contributed by atoms with Crippen molar-refractivity contribution in [3.05, 3.63) is 70.3 Å². The number of hydrogen-bond donors (Lipinski definition) is 1. The van der Waals surface area contributed by atoms with Crippen molar-refractivity contribution >= 4 is 11.8 Å². The number of halogens is 2. The summed E-state index contributed by atoms with van der Waals surface area (Å²) < 4.78 is 27.2. The molecule has 1 unspecified atom stereocenters. The maximum atomic E-state index is 13.6. The first-order valence-corrected chi connectivity index (χ1v) is 10.1. The summed E-state index contributed by atoms with van der Waals surface area (Å²) >= 11 is 0. The highest BCUT2D eigenvalue weighted by molar-refractivity contribution is 5.99. The van der Waals surface area contributed by atoms with Crippen molar-refractivity contribution in [3.8, 4) is 0 Å². The highest BCUT2D eigenvalue weighted by Crippen LogP contribution is 2.29. The Labute approximate surface area is 177 Å². The summed E-state index contributed by atoms with van der Waals surface area (Å²) in [5, 5.41) is 1.32. The Morgan fingerprint density at radius 3 is 1.93 bits per heavy atom. The smallest absolute Gasteiger partial charge is 0.267 e. The number of amides is 2. The number of carbonyl (C=O) groups excluding carboxylic acids is 2. The van der Waals surface area contributed by atoms with Gasteiger partial charge in [0.05, 0.1) is 6.04 Å². The van der Waals surface area contributed by atoms with Crippen LogP contribution in [0, 0.1) is 30.9 Å². The highest BCUT2D eigenvalue weighted by Gasteiger charge is 2.35. The van der Waals surface area contributed by atoms with Gasteiger partial charge in [0.1, 0.15) is 11.6 Å². The molecule has 1 atom stereocenters. The number of hydrazine groups is 1. The van der Waals surface area contributed by atoms with Gasteiger partial charge in [-0.2, -0.15) is 0 Å². The molecule has 2 aromatic carbocycles. The third-order valence-electron chi connectivity index (χ3n) is 4.91. The number of nitrogens with one attached hydrogen (secondary N) is 1. The van der Waals surface area contributed by atoms with Gasteiger partial charge in [0.2, 0.25) is 0 Å². The summed E-state index contributed by atoms with van der Waals surface area (Å²) in [6.45, 7) is 11.8. The minimum Gasteiger partial charge on any atom is -0.267 e. The van der Waals surface area contributed by atoms with Crippen LogP contribution in [-0.4, -0.2) is 22.9 Å². The first-order chi connectivity index (χ1) is 13.9. The van der Waals surface area contributed by atoms with Gasteiger partial charge in [-0.1, -0.05) is 51.3 Å². The van der Waals surface area contributed by atoms with E-state index in [4.69, 9.17) is 0 Å². The van der Waals surface area contributed by atoms with Crippen molar-refractivity contribution < 1.29 is 18.4 Å². The Kier molecular flexibility index (Phi) is 7.34. The predicted octanol–water partition coefficient (Wildman–Crippen LogP) is 5.58. The Morgan fingerprint density at radius 2 is 1.47 bits per heavy atom. The van der Waals surface area contributed by atoms with Gasteiger partial charge in [0, 0.05) is 17.2 Å². The van der Waals surface area contributed by atoms with Crippen LogP contribution in [0.3, 0.4) is 0 Å². The SMILES string of the molecule is CCCC(N(NC(=O)c1cc(F)cc(F)c1)C(=O)c1cc(C)cc(C)c1)C(C)(C)C. The van der Waals surface area contributed by atoms with E-state index in [2.05, 4.69) is 5.43 Å². The number of benzene rings is 2. The Balaban J connectivity index is 2.49. The lowest BCUT2D eigenvalue weighted by Gasteiger charge is -2.40. The van der Waals surface area contributed by atoms with Crippen LogP contribution in [-0.2, 0) is 0 Å². The Morgan fingerprint density at radius 1 is 0.933 bits per heavy atom. The first kappa shape index (κ1) is 23.5. The normalized spacial score (nSPS) is 12.4. The van der Waals surface area contributed by atoms with E-state index in [-0.39, 0.29) is 22.9 Å². The molecule has 0 spiro atoms. The fourth-order valence-corrected chi connectivity index (χ4v) is 3.59. The van der Waals surface area contributed by atoms with Crippen LogP contribution < -0.4 is 5.43 Å². The van der Waals surface area contributed by atoms with Crippen LogP contribution in [0.15, 0.2) is 36.4 Å². The molecule has 30 heavy (non-hydrogen) atoms. The molecule has 6 heteroatoms. The van der Waals surface area contributed by atoms with Crippen LogP contribution in [0.5, 0.6) is 0 Å². The van der Waals surface area contributed by atoms with E-state index in [0.29, 0.717) is 18.1 Å². The van der Waals surface area contributed by atoms with E-state index in [9.17, 15) is 18.4 Å². The molecule has 0 saturated carbocycles. The van der Waals surface area contributed by atoms with Gasteiger partial charge < -0.3 is 0 Å². The summed E-state index contributed by atoms with van der Waals surface area (Å²) in [6.07, 6.45) is 1.45. The van der Waals surface area contributed by atoms with Gasteiger partial charge in [-0.15, -0.1) is 0 Å². The molecule has 0 heterocycles. The largest absolute Gasteiger partial charge is 0.272 e. The number of rotatable bonds is 5. The molecular formula is C24H30F2N2O2. The van der Waals surface area contributed by atoms with Gasteiger partial charge in [-0.3, -0.25) is 15.0 Å². The molecule has 1 N–H and O–H groups in total. The molecule has 0 aromatic heterocycles. The molecule has 4 nitrogen and oxygen atoms in total. The lowest BCUT2D eigenvalue weighted by Crippen LogP contribution is -2.56. The zero-order valence-electron chi connectivity index (χ0n) is 18.5. The lowest BCUT2D eigenvalue weighted by atomic mass is 9.83. The number of aryl methyl sites for hydroxylation is 2. The van der Waals surface area contributed by atoms with E-state index in [1.54, 1.807) is 12.1 Å². The summed E-state index contributed by atoms with van der Waals surface area (Å²) in [7, 11) is 0. The molecule has 0 radical (unpaired) electrons. The topological polar surface area (TPSA) is 49.4 Å². The minimum absolute atomic E-state index is 0.185. The fourth-order valence-electron chi connectivity index (χ4n) is 3.59. The maximum Gasteiger partial charge on any atom is 0.272 e. The third kappa shape index (κ3) is 5.88. The van der Waals surface area contributed by atoms with Crippen molar-refractivity contribution in [1.82, 2.24) is 10.4 Å². The van der Waals surface area contributed by atoms with Crippen molar-refractivity contribution in [3.63, 3.8) is 0 Å². The molecule has 2 rings (SSSR count). The van der Waals surface area contributed by atoms with E-state index >= 15 is 0 Å². The molecule has 0 bridgehead atoms. The summed E-state index contributed by atoms with van der Waals surface area (Å²) in [4.78, 5) is 26.3. The van der Waals surface area contributed by atoms with Gasteiger partial charge >= 0.3 is 0 Å². The second kappa shape index (κ2) is 9.37. The average molecular weight is 417 g/mol. The van der Waals surface area contributed by atoms with Gasteiger partial charge in [-0.05, 0) is 49.9 Å². The first-order valence-electron chi connectivity index (χ1n) is 10.1. The summed E-state index contributed by atoms with van der Waals surface area (Å²) in [5.74, 6) is -2.81. The lowest BCUT2D eigenvalue weighted by molar-refractivity contribution is 0.0271. The van der Waals surface area contributed by atoms with E-state index in [0.717, 1.165) is 29.7 Å².